The number of rotatable bonds is 12. The number of carbonyl (C=O) groups excluding carboxylic acids is 2. The fraction of sp³-hybridized carbons (Fsp3) is 0.366. The van der Waals surface area contributed by atoms with Crippen molar-refractivity contribution in [2.24, 2.45) is 17.3 Å². The average molecular weight is 633 g/mol. The highest BCUT2D eigenvalue weighted by molar-refractivity contribution is 6.05. The fourth-order valence-corrected chi connectivity index (χ4v) is 7.42. The Morgan fingerprint density at radius 2 is 0.787 bits per heavy atom. The van der Waals surface area contributed by atoms with Crippen molar-refractivity contribution in [2.75, 3.05) is 0 Å². The zero-order valence-electron chi connectivity index (χ0n) is 27.9. The van der Waals surface area contributed by atoms with Crippen LogP contribution < -0.4 is 10.6 Å². The first-order valence-electron chi connectivity index (χ1n) is 16.8. The molecule has 5 rings (SSSR count). The van der Waals surface area contributed by atoms with Gasteiger partial charge in [-0.2, -0.15) is 0 Å². The summed E-state index contributed by atoms with van der Waals surface area (Å²) < 4.78 is 0. The summed E-state index contributed by atoms with van der Waals surface area (Å²) in [6.07, 6.45) is 2.21. The minimum absolute atomic E-state index is 0.185. The maximum Gasteiger partial charge on any atom is 0.236 e. The van der Waals surface area contributed by atoms with Crippen LogP contribution >= 0.6 is 0 Å². The summed E-state index contributed by atoms with van der Waals surface area (Å²) in [5.41, 5.74) is -1.83. The molecule has 2 amide bonds. The van der Waals surface area contributed by atoms with Gasteiger partial charge in [-0.25, -0.2) is 0 Å². The lowest BCUT2D eigenvalue weighted by molar-refractivity contribution is -0.147. The molecule has 0 heterocycles. The normalized spacial score (nSPS) is 16.1. The minimum atomic E-state index is -1.55. The highest BCUT2D eigenvalue weighted by atomic mass is 16.3. The third-order valence-corrected chi connectivity index (χ3v) is 9.99. The number of aliphatic hydroxyl groups is 2. The van der Waals surface area contributed by atoms with E-state index in [0.717, 1.165) is 12.8 Å². The molecule has 0 spiro atoms. The SMILES string of the molecule is CC(C)[C@@H](NC(=O)C1(C(=O)N[C@H](C(C)C)C(O)(c2ccccc2)c2ccccc2)CCCC1)C(O)(c1ccccc1)c1ccccc1. The Morgan fingerprint density at radius 1 is 0.532 bits per heavy atom. The Labute approximate surface area is 279 Å². The van der Waals surface area contributed by atoms with Crippen molar-refractivity contribution in [3.05, 3.63) is 144 Å². The molecule has 4 aromatic carbocycles. The number of hydrogen-bond donors (Lipinski definition) is 4. The Bertz CT molecular complexity index is 1400. The van der Waals surface area contributed by atoms with Gasteiger partial charge >= 0.3 is 0 Å². The molecule has 4 aromatic rings. The first-order chi connectivity index (χ1) is 22.5. The molecule has 0 bridgehead atoms. The van der Waals surface area contributed by atoms with Crippen molar-refractivity contribution in [3.8, 4) is 0 Å². The standard InChI is InChI=1S/C41H48N2O4/c1-29(2)35(40(46,31-19-9-5-10-20-31)32-21-11-6-12-22-32)42-37(44)39(27-17-18-28-39)38(45)43-36(30(3)4)41(47,33-23-13-7-14-24-33)34-25-15-8-16-26-34/h5-16,19-26,29-30,35-36,46-47H,17-18,27-28H2,1-4H3,(H,42,44)(H,43,45)/t35-,36-/m1/s1. The molecule has 6 heteroatoms. The maximum atomic E-state index is 14.6. The molecule has 0 radical (unpaired) electrons. The molecule has 1 aliphatic carbocycles. The molecule has 0 saturated heterocycles. The predicted octanol–water partition coefficient (Wildman–Crippen LogP) is 6.70. The second-order valence-electron chi connectivity index (χ2n) is 13.7. The van der Waals surface area contributed by atoms with Gasteiger partial charge in [-0.15, -0.1) is 0 Å². The average Bonchev–Trinajstić information content (AvgIpc) is 3.62. The molecular weight excluding hydrogens is 584 g/mol. The van der Waals surface area contributed by atoms with Gasteiger partial charge in [0.25, 0.3) is 0 Å². The van der Waals surface area contributed by atoms with Gasteiger partial charge in [0.05, 0.1) is 12.1 Å². The van der Waals surface area contributed by atoms with E-state index in [1.54, 1.807) is 0 Å². The van der Waals surface area contributed by atoms with Crippen LogP contribution in [0.15, 0.2) is 121 Å². The molecule has 1 aliphatic rings. The van der Waals surface area contributed by atoms with Gasteiger partial charge in [0, 0.05) is 0 Å². The van der Waals surface area contributed by atoms with E-state index in [9.17, 15) is 19.8 Å². The number of benzene rings is 4. The largest absolute Gasteiger partial charge is 0.378 e. The second-order valence-corrected chi connectivity index (χ2v) is 13.7. The summed E-state index contributed by atoms with van der Waals surface area (Å²) >= 11 is 0. The van der Waals surface area contributed by atoms with Crippen molar-refractivity contribution in [3.63, 3.8) is 0 Å². The maximum absolute atomic E-state index is 14.6. The van der Waals surface area contributed by atoms with Crippen molar-refractivity contribution >= 4 is 11.8 Å². The van der Waals surface area contributed by atoms with E-state index in [2.05, 4.69) is 10.6 Å². The van der Waals surface area contributed by atoms with Crippen LogP contribution in [0.3, 0.4) is 0 Å². The Kier molecular flexibility index (Phi) is 10.3. The van der Waals surface area contributed by atoms with Crippen molar-refractivity contribution < 1.29 is 19.8 Å². The van der Waals surface area contributed by atoms with E-state index in [-0.39, 0.29) is 11.8 Å². The summed E-state index contributed by atoms with van der Waals surface area (Å²) in [7, 11) is 0. The lowest BCUT2D eigenvalue weighted by Crippen LogP contribution is -2.62. The zero-order valence-corrected chi connectivity index (χ0v) is 27.9. The summed E-state index contributed by atoms with van der Waals surface area (Å²) in [6.45, 7) is 7.88. The Morgan fingerprint density at radius 3 is 1.02 bits per heavy atom. The first-order valence-corrected chi connectivity index (χ1v) is 16.8. The van der Waals surface area contributed by atoms with Crippen LogP contribution in [0.2, 0.25) is 0 Å². The van der Waals surface area contributed by atoms with Crippen molar-refractivity contribution in [1.29, 1.82) is 0 Å². The Hall–Kier alpha value is -4.26. The molecule has 2 atom stereocenters. The van der Waals surface area contributed by atoms with Gasteiger partial charge in [0.1, 0.15) is 16.6 Å². The molecule has 1 saturated carbocycles. The number of hydrogen-bond acceptors (Lipinski definition) is 4. The molecule has 1 fully saturated rings. The lowest BCUT2D eigenvalue weighted by Gasteiger charge is -2.43. The van der Waals surface area contributed by atoms with Crippen LogP contribution in [0.4, 0.5) is 0 Å². The van der Waals surface area contributed by atoms with Crippen LogP contribution in [-0.4, -0.2) is 34.1 Å². The van der Waals surface area contributed by atoms with E-state index >= 15 is 0 Å². The van der Waals surface area contributed by atoms with E-state index in [1.165, 1.54) is 0 Å². The van der Waals surface area contributed by atoms with Crippen LogP contribution in [0.1, 0.15) is 75.6 Å². The van der Waals surface area contributed by atoms with Gasteiger partial charge in [-0.1, -0.05) is 162 Å². The molecule has 6 nitrogen and oxygen atoms in total. The molecule has 47 heavy (non-hydrogen) atoms. The van der Waals surface area contributed by atoms with E-state index in [1.807, 2.05) is 149 Å². The van der Waals surface area contributed by atoms with Crippen LogP contribution in [0.5, 0.6) is 0 Å². The van der Waals surface area contributed by atoms with Crippen molar-refractivity contribution in [1.82, 2.24) is 10.6 Å². The number of carbonyl (C=O) groups is 2. The monoisotopic (exact) mass is 632 g/mol. The molecule has 4 N–H and O–H groups in total. The number of nitrogens with one attached hydrogen (secondary N) is 2. The molecular formula is C41H48N2O4. The fourth-order valence-electron chi connectivity index (χ4n) is 7.42. The quantitative estimate of drug-likeness (QED) is 0.131. The van der Waals surface area contributed by atoms with Crippen LogP contribution in [0, 0.1) is 17.3 Å². The van der Waals surface area contributed by atoms with Crippen LogP contribution in [-0.2, 0) is 20.8 Å². The van der Waals surface area contributed by atoms with Gasteiger partial charge in [0.15, 0.2) is 0 Å². The second kappa shape index (κ2) is 14.2. The summed E-state index contributed by atoms with van der Waals surface area (Å²) in [5.74, 6) is -1.17. The summed E-state index contributed by atoms with van der Waals surface area (Å²) in [5, 5.41) is 31.7. The molecule has 0 aromatic heterocycles. The molecule has 246 valence electrons. The number of amides is 2. The first kappa shape index (κ1) is 34.1. The van der Waals surface area contributed by atoms with Gasteiger partial charge in [-0.05, 0) is 46.9 Å². The predicted molar refractivity (Wildman–Crippen MR) is 186 cm³/mol. The van der Waals surface area contributed by atoms with E-state index in [0.29, 0.717) is 35.1 Å². The highest BCUT2D eigenvalue weighted by Crippen LogP contribution is 2.43. The van der Waals surface area contributed by atoms with Gasteiger partial charge in [0.2, 0.25) is 11.8 Å². The van der Waals surface area contributed by atoms with Crippen LogP contribution in [0.25, 0.3) is 0 Å². The third kappa shape index (κ3) is 6.50. The third-order valence-electron chi connectivity index (χ3n) is 9.99. The van der Waals surface area contributed by atoms with E-state index < -0.39 is 40.5 Å². The van der Waals surface area contributed by atoms with E-state index in [4.69, 9.17) is 0 Å². The van der Waals surface area contributed by atoms with Crippen molar-refractivity contribution in [2.45, 2.75) is 76.7 Å². The Balaban J connectivity index is 1.53. The topological polar surface area (TPSA) is 98.7 Å². The summed E-state index contributed by atoms with van der Waals surface area (Å²) in [6, 6.07) is 36.1. The summed E-state index contributed by atoms with van der Waals surface area (Å²) in [4.78, 5) is 29.3. The highest BCUT2D eigenvalue weighted by Gasteiger charge is 2.53. The molecule has 0 unspecified atom stereocenters. The lowest BCUT2D eigenvalue weighted by atomic mass is 9.73. The minimum Gasteiger partial charge on any atom is -0.378 e. The zero-order chi connectivity index (χ0) is 33.7. The van der Waals surface area contributed by atoms with Gasteiger partial charge < -0.3 is 20.8 Å². The smallest absolute Gasteiger partial charge is 0.236 e. The van der Waals surface area contributed by atoms with Gasteiger partial charge in [-0.3, -0.25) is 9.59 Å². The molecule has 0 aliphatic heterocycles.